The number of amides is 2. The summed E-state index contributed by atoms with van der Waals surface area (Å²) in [5.74, 6) is 4.82. The van der Waals surface area contributed by atoms with Crippen LogP contribution >= 0.6 is 0 Å². The first kappa shape index (κ1) is 15.9. The molecule has 1 unspecified atom stereocenters. The number of anilines is 1. The molecule has 0 aliphatic rings. The van der Waals surface area contributed by atoms with Crippen LogP contribution in [-0.4, -0.2) is 29.4 Å². The van der Waals surface area contributed by atoms with Crippen LogP contribution in [0, 0.1) is 0 Å². The van der Waals surface area contributed by atoms with E-state index < -0.39 is 0 Å². The zero-order valence-corrected chi connectivity index (χ0v) is 11.8. The highest BCUT2D eigenvalue weighted by Gasteiger charge is 2.09. The molecule has 20 heavy (non-hydrogen) atoms. The van der Waals surface area contributed by atoms with Crippen molar-refractivity contribution in [1.82, 2.24) is 15.6 Å². The van der Waals surface area contributed by atoms with E-state index >= 15 is 0 Å². The van der Waals surface area contributed by atoms with Crippen molar-refractivity contribution in [2.24, 2.45) is 5.84 Å². The maximum absolute atomic E-state index is 11.7. The molecule has 0 bridgehead atoms. The summed E-state index contributed by atoms with van der Waals surface area (Å²) in [4.78, 5) is 27.2. The monoisotopic (exact) mass is 279 g/mol. The van der Waals surface area contributed by atoms with E-state index in [0.717, 1.165) is 6.42 Å². The molecule has 0 saturated heterocycles. The molecule has 1 rings (SSSR count). The van der Waals surface area contributed by atoms with Crippen molar-refractivity contribution in [3.8, 4) is 0 Å². The first-order chi connectivity index (χ1) is 9.56. The number of nitrogens with zero attached hydrogens (tertiary/aromatic N) is 1. The minimum Gasteiger partial charge on any atom is -0.354 e. The summed E-state index contributed by atoms with van der Waals surface area (Å²) >= 11 is 0. The van der Waals surface area contributed by atoms with E-state index in [-0.39, 0.29) is 36.5 Å². The van der Waals surface area contributed by atoms with Gasteiger partial charge in [0.15, 0.2) is 0 Å². The van der Waals surface area contributed by atoms with Gasteiger partial charge >= 0.3 is 0 Å². The van der Waals surface area contributed by atoms with Crippen molar-refractivity contribution in [3.63, 3.8) is 0 Å². The number of nitrogens with two attached hydrogens (primary N) is 1. The van der Waals surface area contributed by atoms with Crippen molar-refractivity contribution < 1.29 is 9.59 Å². The Kier molecular flexibility index (Phi) is 6.45. The van der Waals surface area contributed by atoms with Gasteiger partial charge in [0.2, 0.25) is 5.91 Å². The Bertz CT molecular complexity index is 447. The Morgan fingerprint density at radius 2 is 2.15 bits per heavy atom. The SMILES string of the molecule is CCC(C)NC(=O)CCNC(=O)c1ccc(NN)cn1. The molecule has 1 aromatic heterocycles. The molecule has 1 heterocycles. The standard InChI is InChI=1S/C13H21N5O2/c1-3-9(2)17-12(19)6-7-15-13(20)11-5-4-10(18-14)8-16-11/h4-5,8-9,18H,3,6-7,14H2,1-2H3,(H,15,20)(H,17,19). The second-order valence-electron chi connectivity index (χ2n) is 4.46. The number of nitrogen functional groups attached to an aromatic ring is 1. The number of pyridine rings is 1. The molecule has 0 aliphatic heterocycles. The second kappa shape index (κ2) is 8.11. The molecule has 7 heteroatoms. The first-order valence-corrected chi connectivity index (χ1v) is 6.57. The van der Waals surface area contributed by atoms with Gasteiger partial charge in [-0.25, -0.2) is 4.98 Å². The Labute approximate surface area is 118 Å². The highest BCUT2D eigenvalue weighted by Crippen LogP contribution is 2.03. The van der Waals surface area contributed by atoms with E-state index in [0.29, 0.717) is 5.69 Å². The summed E-state index contributed by atoms with van der Waals surface area (Å²) in [5, 5.41) is 5.47. The summed E-state index contributed by atoms with van der Waals surface area (Å²) < 4.78 is 0. The zero-order valence-electron chi connectivity index (χ0n) is 11.8. The van der Waals surface area contributed by atoms with Gasteiger partial charge in [0.1, 0.15) is 5.69 Å². The molecule has 7 nitrogen and oxygen atoms in total. The van der Waals surface area contributed by atoms with E-state index in [9.17, 15) is 9.59 Å². The average Bonchev–Trinajstić information content (AvgIpc) is 2.47. The van der Waals surface area contributed by atoms with Crippen LogP contribution in [0.3, 0.4) is 0 Å². The van der Waals surface area contributed by atoms with Crippen LogP contribution in [0.5, 0.6) is 0 Å². The molecule has 1 aromatic rings. The minimum atomic E-state index is -0.315. The van der Waals surface area contributed by atoms with E-state index in [1.807, 2.05) is 13.8 Å². The maximum atomic E-state index is 11.7. The van der Waals surface area contributed by atoms with Crippen molar-refractivity contribution in [2.45, 2.75) is 32.7 Å². The van der Waals surface area contributed by atoms with Gasteiger partial charge in [-0.1, -0.05) is 6.92 Å². The second-order valence-corrected chi connectivity index (χ2v) is 4.46. The predicted molar refractivity (Wildman–Crippen MR) is 76.9 cm³/mol. The van der Waals surface area contributed by atoms with Crippen molar-refractivity contribution >= 4 is 17.5 Å². The lowest BCUT2D eigenvalue weighted by atomic mass is 10.2. The molecular weight excluding hydrogens is 258 g/mol. The molecule has 5 N–H and O–H groups in total. The van der Waals surface area contributed by atoms with Crippen LogP contribution < -0.4 is 21.9 Å². The van der Waals surface area contributed by atoms with Crippen molar-refractivity contribution in [2.75, 3.05) is 12.0 Å². The normalized spacial score (nSPS) is 11.6. The third-order valence-electron chi connectivity index (χ3n) is 2.82. The van der Waals surface area contributed by atoms with Crippen LogP contribution in [-0.2, 0) is 4.79 Å². The molecule has 0 saturated carbocycles. The molecule has 0 aliphatic carbocycles. The Balaban J connectivity index is 2.34. The van der Waals surface area contributed by atoms with Crippen LogP contribution in [0.15, 0.2) is 18.3 Å². The summed E-state index contributed by atoms with van der Waals surface area (Å²) in [6, 6.07) is 3.36. The highest BCUT2D eigenvalue weighted by atomic mass is 16.2. The number of aromatic nitrogens is 1. The predicted octanol–water partition coefficient (Wildman–Crippen LogP) is 0.402. The van der Waals surface area contributed by atoms with Crippen LogP contribution in [0.25, 0.3) is 0 Å². The number of rotatable bonds is 7. The van der Waals surface area contributed by atoms with Gasteiger partial charge in [-0.2, -0.15) is 0 Å². The summed E-state index contributed by atoms with van der Waals surface area (Å²) in [7, 11) is 0. The third kappa shape index (κ3) is 5.23. The number of hydrogen-bond donors (Lipinski definition) is 4. The largest absolute Gasteiger partial charge is 0.354 e. The quantitative estimate of drug-likeness (QED) is 0.427. The van der Waals surface area contributed by atoms with Gasteiger partial charge in [0.05, 0.1) is 11.9 Å². The highest BCUT2D eigenvalue weighted by molar-refractivity contribution is 5.92. The molecule has 2 amide bonds. The van der Waals surface area contributed by atoms with E-state index in [1.165, 1.54) is 6.20 Å². The van der Waals surface area contributed by atoms with Gasteiger partial charge in [0.25, 0.3) is 5.91 Å². The lowest BCUT2D eigenvalue weighted by Crippen LogP contribution is -2.35. The lowest BCUT2D eigenvalue weighted by molar-refractivity contribution is -0.121. The Morgan fingerprint density at radius 1 is 1.40 bits per heavy atom. The van der Waals surface area contributed by atoms with E-state index in [2.05, 4.69) is 21.0 Å². The maximum Gasteiger partial charge on any atom is 0.269 e. The summed E-state index contributed by atoms with van der Waals surface area (Å²) in [5.41, 5.74) is 3.33. The average molecular weight is 279 g/mol. The molecule has 0 aromatic carbocycles. The lowest BCUT2D eigenvalue weighted by Gasteiger charge is -2.11. The minimum absolute atomic E-state index is 0.0738. The Morgan fingerprint density at radius 3 is 2.70 bits per heavy atom. The van der Waals surface area contributed by atoms with Gasteiger partial charge in [-0.05, 0) is 25.5 Å². The number of nitrogens with one attached hydrogen (secondary N) is 3. The van der Waals surface area contributed by atoms with Crippen molar-refractivity contribution in [1.29, 1.82) is 0 Å². The number of carbonyl (C=O) groups is 2. The Hall–Kier alpha value is -2.15. The van der Waals surface area contributed by atoms with Gasteiger partial charge in [0, 0.05) is 19.0 Å². The van der Waals surface area contributed by atoms with Gasteiger partial charge in [-0.3, -0.25) is 15.4 Å². The molecular formula is C13H21N5O2. The molecule has 1 atom stereocenters. The fourth-order valence-corrected chi connectivity index (χ4v) is 1.44. The number of hydrogen-bond acceptors (Lipinski definition) is 5. The number of hydrazine groups is 1. The van der Waals surface area contributed by atoms with E-state index in [1.54, 1.807) is 12.1 Å². The van der Waals surface area contributed by atoms with Crippen LogP contribution in [0.1, 0.15) is 37.2 Å². The first-order valence-electron chi connectivity index (χ1n) is 6.57. The smallest absolute Gasteiger partial charge is 0.269 e. The zero-order chi connectivity index (χ0) is 15.0. The van der Waals surface area contributed by atoms with E-state index in [4.69, 9.17) is 5.84 Å². The molecule has 0 spiro atoms. The fraction of sp³-hybridized carbons (Fsp3) is 0.462. The van der Waals surface area contributed by atoms with Gasteiger partial charge in [-0.15, -0.1) is 0 Å². The van der Waals surface area contributed by atoms with Crippen LogP contribution in [0.4, 0.5) is 5.69 Å². The van der Waals surface area contributed by atoms with Crippen molar-refractivity contribution in [3.05, 3.63) is 24.0 Å². The summed E-state index contributed by atoms with van der Waals surface area (Å²) in [6.07, 6.45) is 2.59. The van der Waals surface area contributed by atoms with Gasteiger partial charge < -0.3 is 16.1 Å². The topological polar surface area (TPSA) is 109 Å². The number of carbonyl (C=O) groups excluding carboxylic acids is 2. The molecule has 110 valence electrons. The van der Waals surface area contributed by atoms with Crippen LogP contribution in [0.2, 0.25) is 0 Å². The summed E-state index contributed by atoms with van der Waals surface area (Å²) in [6.45, 7) is 4.21. The third-order valence-corrected chi connectivity index (χ3v) is 2.82. The molecule has 0 radical (unpaired) electrons. The fourth-order valence-electron chi connectivity index (χ4n) is 1.44. The molecule has 0 fully saturated rings.